The monoisotopic (exact) mass is 476 g/mol. The van der Waals surface area contributed by atoms with Crippen molar-refractivity contribution in [1.29, 1.82) is 0 Å². The predicted octanol–water partition coefficient (Wildman–Crippen LogP) is 2.46. The van der Waals surface area contributed by atoms with Gasteiger partial charge in [-0.15, -0.1) is 6.58 Å². The lowest BCUT2D eigenvalue weighted by Crippen LogP contribution is -2.58. The second-order valence-electron chi connectivity index (χ2n) is 9.78. The van der Waals surface area contributed by atoms with Gasteiger partial charge < -0.3 is 24.4 Å². The summed E-state index contributed by atoms with van der Waals surface area (Å²) in [6, 6.07) is -0.880. The van der Waals surface area contributed by atoms with Gasteiger partial charge in [0.15, 0.2) is 0 Å². The third-order valence-electron chi connectivity index (χ3n) is 7.92. The molecule has 0 radical (unpaired) electrons. The van der Waals surface area contributed by atoms with Crippen molar-refractivity contribution in [3.8, 4) is 0 Å². The third kappa shape index (κ3) is 4.09. The maximum Gasteiger partial charge on any atom is 0.313 e. The molecular weight excluding hydrogens is 436 g/mol. The number of likely N-dealkylation sites (tertiary alicyclic amines) is 1. The number of rotatable bonds is 13. The Kier molecular flexibility index (Phi) is 8.24. The molecule has 8 heteroatoms. The Bertz CT molecular complexity index is 815. The van der Waals surface area contributed by atoms with E-state index in [2.05, 4.69) is 20.1 Å². The number of hydrogen-bond donors (Lipinski definition) is 1. The van der Waals surface area contributed by atoms with E-state index in [4.69, 9.17) is 9.47 Å². The van der Waals surface area contributed by atoms with Gasteiger partial charge >= 0.3 is 5.97 Å². The number of carbonyl (C=O) groups excluding carboxylic acids is 3. The van der Waals surface area contributed by atoms with Gasteiger partial charge in [-0.25, -0.2) is 0 Å². The summed E-state index contributed by atoms with van der Waals surface area (Å²) in [5, 5.41) is 9.48. The van der Waals surface area contributed by atoms with Crippen LogP contribution in [0.15, 0.2) is 25.3 Å². The topological polar surface area (TPSA) is 96.4 Å². The molecular formula is C26H40N2O6. The van der Waals surface area contributed by atoms with Crippen molar-refractivity contribution in [2.75, 3.05) is 26.3 Å². The number of aliphatic hydroxyl groups is 1. The molecule has 8 nitrogen and oxygen atoms in total. The van der Waals surface area contributed by atoms with Gasteiger partial charge in [0, 0.05) is 25.7 Å². The molecule has 3 fully saturated rings. The van der Waals surface area contributed by atoms with E-state index >= 15 is 0 Å². The average Bonchev–Trinajstić information content (AvgIpc) is 3.43. The van der Waals surface area contributed by atoms with Crippen LogP contribution in [0.4, 0.5) is 0 Å². The average molecular weight is 477 g/mol. The molecule has 34 heavy (non-hydrogen) atoms. The highest BCUT2D eigenvalue weighted by Crippen LogP contribution is 2.64. The summed E-state index contributed by atoms with van der Waals surface area (Å²) in [4.78, 5) is 44.5. The Labute approximate surface area is 202 Å². The van der Waals surface area contributed by atoms with Crippen LogP contribution in [0.2, 0.25) is 0 Å². The molecule has 0 aromatic carbocycles. The van der Waals surface area contributed by atoms with Crippen LogP contribution in [0.3, 0.4) is 0 Å². The van der Waals surface area contributed by atoms with Crippen LogP contribution in [0.25, 0.3) is 0 Å². The first-order valence-electron chi connectivity index (χ1n) is 12.6. The summed E-state index contributed by atoms with van der Waals surface area (Å²) < 4.78 is 12.1. The molecule has 3 heterocycles. The predicted molar refractivity (Wildman–Crippen MR) is 128 cm³/mol. The number of esters is 1. The van der Waals surface area contributed by atoms with Gasteiger partial charge in [0.05, 0.1) is 11.5 Å². The summed E-state index contributed by atoms with van der Waals surface area (Å²) in [5.41, 5.74) is -1.90. The quantitative estimate of drug-likeness (QED) is 0.324. The Balaban J connectivity index is 2.07. The largest absolute Gasteiger partial charge is 0.461 e. The molecule has 0 aliphatic carbocycles. The molecule has 3 aliphatic heterocycles. The highest BCUT2D eigenvalue weighted by atomic mass is 16.6. The SMILES string of the molecule is C=CCOC(=O)[C@H]1[C@H]2C(=O)N(CCCO)C(C(=O)N(CC=C)C(C)CCC)C23CC[C@]1(CC)O3. The van der Waals surface area contributed by atoms with Crippen molar-refractivity contribution >= 4 is 17.8 Å². The summed E-state index contributed by atoms with van der Waals surface area (Å²) in [6.07, 6.45) is 6.94. The summed E-state index contributed by atoms with van der Waals surface area (Å²) in [7, 11) is 0. The van der Waals surface area contributed by atoms with E-state index in [1.54, 1.807) is 15.9 Å². The van der Waals surface area contributed by atoms with Gasteiger partial charge in [-0.1, -0.05) is 39.0 Å². The van der Waals surface area contributed by atoms with Gasteiger partial charge in [-0.3, -0.25) is 14.4 Å². The van der Waals surface area contributed by atoms with Crippen LogP contribution < -0.4 is 0 Å². The molecule has 3 rings (SSSR count). The van der Waals surface area contributed by atoms with Gasteiger partial charge in [-0.05, 0) is 39.0 Å². The molecule has 3 saturated heterocycles. The number of aliphatic hydroxyl groups excluding tert-OH is 1. The summed E-state index contributed by atoms with van der Waals surface area (Å²) in [6.45, 7) is 14.0. The molecule has 190 valence electrons. The maximum atomic E-state index is 14.1. The van der Waals surface area contributed by atoms with Crippen LogP contribution >= 0.6 is 0 Å². The Hall–Kier alpha value is -2.19. The molecule has 2 amide bonds. The molecule has 1 spiro atoms. The fourth-order valence-corrected chi connectivity index (χ4v) is 6.43. The second kappa shape index (κ2) is 10.6. The lowest BCUT2D eigenvalue weighted by Gasteiger charge is -2.39. The normalized spacial score (nSPS) is 32.4. The van der Waals surface area contributed by atoms with E-state index in [1.165, 1.54) is 6.08 Å². The van der Waals surface area contributed by atoms with Crippen LogP contribution in [0.1, 0.15) is 59.3 Å². The van der Waals surface area contributed by atoms with Crippen molar-refractivity contribution in [3.63, 3.8) is 0 Å². The van der Waals surface area contributed by atoms with E-state index in [0.29, 0.717) is 32.2 Å². The Morgan fingerprint density at radius 2 is 2.06 bits per heavy atom. The number of hydrogen-bond acceptors (Lipinski definition) is 6. The third-order valence-corrected chi connectivity index (χ3v) is 7.92. The first-order valence-corrected chi connectivity index (χ1v) is 12.6. The molecule has 1 N–H and O–H groups in total. The number of amides is 2. The van der Waals surface area contributed by atoms with Crippen LogP contribution in [-0.4, -0.2) is 82.3 Å². The number of nitrogens with zero attached hydrogens (tertiary/aromatic N) is 2. The minimum atomic E-state index is -1.08. The van der Waals surface area contributed by atoms with E-state index in [0.717, 1.165) is 12.8 Å². The number of ether oxygens (including phenoxy) is 2. The van der Waals surface area contributed by atoms with Crippen LogP contribution in [0.5, 0.6) is 0 Å². The van der Waals surface area contributed by atoms with Gasteiger partial charge in [0.25, 0.3) is 0 Å². The van der Waals surface area contributed by atoms with E-state index in [9.17, 15) is 19.5 Å². The van der Waals surface area contributed by atoms with E-state index in [-0.39, 0.29) is 37.6 Å². The van der Waals surface area contributed by atoms with Gasteiger partial charge in [0.1, 0.15) is 24.2 Å². The van der Waals surface area contributed by atoms with Crippen molar-refractivity contribution in [2.45, 2.75) is 82.6 Å². The maximum absolute atomic E-state index is 14.1. The zero-order chi connectivity index (χ0) is 25.1. The molecule has 6 atom stereocenters. The lowest BCUT2D eigenvalue weighted by molar-refractivity contribution is -0.161. The standard InChI is InChI=1S/C26H40N2O6/c1-6-11-18(5)27(14-7-2)23(31)21-26-13-12-25(9-4,34-26)20(24(32)33-17-8-3)19(26)22(30)28(21)15-10-16-29/h7-8,18-21,29H,2-3,6,9-17H2,1,4-5H3/t18?,19-,20+,21?,25-,26?/m0/s1. The molecule has 3 unspecified atom stereocenters. The highest BCUT2D eigenvalue weighted by molar-refractivity contribution is 5.98. The van der Waals surface area contributed by atoms with E-state index in [1.807, 2.05) is 13.8 Å². The fourth-order valence-electron chi connectivity index (χ4n) is 6.43. The highest BCUT2D eigenvalue weighted by Gasteiger charge is 2.79. The first-order chi connectivity index (χ1) is 16.3. The van der Waals surface area contributed by atoms with Crippen LogP contribution in [0, 0.1) is 11.8 Å². The number of carbonyl (C=O) groups is 3. The lowest BCUT2D eigenvalue weighted by atomic mass is 9.65. The minimum absolute atomic E-state index is 0.0344. The van der Waals surface area contributed by atoms with Gasteiger partial charge in [0.2, 0.25) is 11.8 Å². The summed E-state index contributed by atoms with van der Waals surface area (Å²) in [5.74, 6) is -2.46. The Morgan fingerprint density at radius 3 is 2.65 bits per heavy atom. The zero-order valence-corrected chi connectivity index (χ0v) is 20.8. The number of fused-ring (bicyclic) bond motifs is 1. The molecule has 0 aromatic rings. The van der Waals surface area contributed by atoms with Crippen LogP contribution in [-0.2, 0) is 23.9 Å². The molecule has 3 aliphatic rings. The smallest absolute Gasteiger partial charge is 0.313 e. The van der Waals surface area contributed by atoms with Crippen molar-refractivity contribution in [1.82, 2.24) is 9.80 Å². The minimum Gasteiger partial charge on any atom is -0.461 e. The molecule has 2 bridgehead atoms. The Morgan fingerprint density at radius 1 is 1.32 bits per heavy atom. The van der Waals surface area contributed by atoms with Crippen molar-refractivity contribution in [2.24, 2.45) is 11.8 Å². The second-order valence-corrected chi connectivity index (χ2v) is 9.78. The molecule has 0 aromatic heterocycles. The van der Waals surface area contributed by atoms with Crippen molar-refractivity contribution in [3.05, 3.63) is 25.3 Å². The zero-order valence-electron chi connectivity index (χ0n) is 20.8. The molecule has 0 saturated carbocycles. The summed E-state index contributed by atoms with van der Waals surface area (Å²) >= 11 is 0. The van der Waals surface area contributed by atoms with Gasteiger partial charge in [-0.2, -0.15) is 0 Å². The fraction of sp³-hybridized carbons (Fsp3) is 0.731. The first kappa shape index (κ1) is 26.4. The van der Waals surface area contributed by atoms with Crippen molar-refractivity contribution < 1.29 is 29.0 Å². The van der Waals surface area contributed by atoms with E-state index < -0.39 is 35.0 Å².